The highest BCUT2D eigenvalue weighted by atomic mass is 19.4. The van der Waals surface area contributed by atoms with Gasteiger partial charge in [-0.15, -0.1) is 0 Å². The van der Waals surface area contributed by atoms with Gasteiger partial charge in [0.2, 0.25) is 0 Å². The number of ether oxygens (including phenoxy) is 1. The molecule has 2 heterocycles. The number of halogens is 3. The van der Waals surface area contributed by atoms with Crippen molar-refractivity contribution in [2.75, 3.05) is 20.2 Å². The highest BCUT2D eigenvalue weighted by Gasteiger charge is 2.34. The number of aromatic nitrogens is 2. The Kier molecular flexibility index (Phi) is 4.55. The first-order valence-electron chi connectivity index (χ1n) is 6.77. The SMILES string of the molecule is CO[C@@H](C)C(=O)N1CCC(n2ccc(C(F)(F)F)n2)CC1. The first kappa shape index (κ1) is 15.8. The summed E-state index contributed by atoms with van der Waals surface area (Å²) in [6, 6.07) is 0.868. The van der Waals surface area contributed by atoms with Gasteiger partial charge in [0, 0.05) is 26.4 Å². The monoisotopic (exact) mass is 305 g/mol. The summed E-state index contributed by atoms with van der Waals surface area (Å²) >= 11 is 0. The number of hydrogen-bond donors (Lipinski definition) is 0. The molecule has 8 heteroatoms. The summed E-state index contributed by atoms with van der Waals surface area (Å²) < 4.78 is 43.9. The Morgan fingerprint density at radius 1 is 1.43 bits per heavy atom. The van der Waals surface area contributed by atoms with Crippen LogP contribution in [-0.4, -0.2) is 46.9 Å². The number of alkyl halides is 3. The first-order chi connectivity index (χ1) is 9.82. The minimum absolute atomic E-state index is 0.0904. The van der Waals surface area contributed by atoms with E-state index in [0.717, 1.165) is 6.07 Å². The van der Waals surface area contributed by atoms with Crippen LogP contribution in [0.15, 0.2) is 12.3 Å². The van der Waals surface area contributed by atoms with Crippen molar-refractivity contribution >= 4 is 5.91 Å². The van der Waals surface area contributed by atoms with Crippen molar-refractivity contribution < 1.29 is 22.7 Å². The zero-order chi connectivity index (χ0) is 15.6. The van der Waals surface area contributed by atoms with Crippen molar-refractivity contribution in [1.82, 2.24) is 14.7 Å². The van der Waals surface area contributed by atoms with Crippen LogP contribution < -0.4 is 0 Å². The van der Waals surface area contributed by atoms with E-state index in [9.17, 15) is 18.0 Å². The van der Waals surface area contributed by atoms with Gasteiger partial charge in [0.1, 0.15) is 6.10 Å². The molecule has 1 saturated heterocycles. The quantitative estimate of drug-likeness (QED) is 0.859. The van der Waals surface area contributed by atoms with Crippen LogP contribution in [0.25, 0.3) is 0 Å². The summed E-state index contributed by atoms with van der Waals surface area (Å²) in [7, 11) is 1.47. The molecule has 0 aliphatic carbocycles. The Balaban J connectivity index is 1.95. The lowest BCUT2D eigenvalue weighted by Crippen LogP contribution is -2.43. The summed E-state index contributed by atoms with van der Waals surface area (Å²) in [5, 5.41) is 3.59. The molecule has 5 nitrogen and oxygen atoms in total. The number of carbonyl (C=O) groups excluding carboxylic acids is 1. The van der Waals surface area contributed by atoms with Gasteiger partial charge in [0.25, 0.3) is 5.91 Å². The Morgan fingerprint density at radius 3 is 2.52 bits per heavy atom. The van der Waals surface area contributed by atoms with Crippen molar-refractivity contribution in [1.29, 1.82) is 0 Å². The van der Waals surface area contributed by atoms with Gasteiger partial charge >= 0.3 is 6.18 Å². The van der Waals surface area contributed by atoms with E-state index in [-0.39, 0.29) is 11.9 Å². The van der Waals surface area contributed by atoms with Crippen LogP contribution in [-0.2, 0) is 15.7 Å². The number of rotatable bonds is 3. The summed E-state index contributed by atoms with van der Waals surface area (Å²) in [6.07, 6.45) is -2.40. The standard InChI is InChI=1S/C13H18F3N3O2/c1-9(21-2)12(20)18-6-3-10(4-7-18)19-8-5-11(17-19)13(14,15)16/h5,8-10H,3-4,6-7H2,1-2H3/t9-/m0/s1. The zero-order valence-corrected chi connectivity index (χ0v) is 11.9. The number of hydrogen-bond acceptors (Lipinski definition) is 3. The summed E-state index contributed by atoms with van der Waals surface area (Å²) in [4.78, 5) is 13.6. The highest BCUT2D eigenvalue weighted by Crippen LogP contribution is 2.29. The van der Waals surface area contributed by atoms with Crippen LogP contribution in [0.2, 0.25) is 0 Å². The van der Waals surface area contributed by atoms with Gasteiger partial charge in [-0.05, 0) is 25.8 Å². The third kappa shape index (κ3) is 3.55. The number of amides is 1. The van der Waals surface area contributed by atoms with Crippen LogP contribution in [0.4, 0.5) is 13.2 Å². The second kappa shape index (κ2) is 6.05. The van der Waals surface area contributed by atoms with E-state index < -0.39 is 18.0 Å². The minimum Gasteiger partial charge on any atom is -0.372 e. The third-order valence-corrected chi connectivity index (χ3v) is 3.75. The van der Waals surface area contributed by atoms with Gasteiger partial charge in [-0.1, -0.05) is 0 Å². The van der Waals surface area contributed by atoms with Crippen LogP contribution in [0.1, 0.15) is 31.5 Å². The molecule has 1 amide bonds. The molecular formula is C13H18F3N3O2. The number of piperidine rings is 1. The molecule has 118 valence electrons. The van der Waals surface area contributed by atoms with E-state index in [0.29, 0.717) is 25.9 Å². The zero-order valence-electron chi connectivity index (χ0n) is 11.9. The first-order valence-corrected chi connectivity index (χ1v) is 6.77. The van der Waals surface area contributed by atoms with E-state index in [2.05, 4.69) is 5.10 Å². The van der Waals surface area contributed by atoms with Crippen LogP contribution >= 0.6 is 0 Å². The van der Waals surface area contributed by atoms with Gasteiger partial charge < -0.3 is 9.64 Å². The molecule has 0 saturated carbocycles. The fourth-order valence-corrected chi connectivity index (χ4v) is 2.40. The molecule has 1 aromatic heterocycles. The summed E-state index contributed by atoms with van der Waals surface area (Å²) in [5.41, 5.74) is -0.881. The van der Waals surface area contributed by atoms with E-state index in [1.165, 1.54) is 18.0 Å². The Morgan fingerprint density at radius 2 is 2.05 bits per heavy atom. The molecular weight excluding hydrogens is 287 g/mol. The van der Waals surface area contributed by atoms with Gasteiger partial charge in [0.05, 0.1) is 6.04 Å². The molecule has 0 aromatic carbocycles. The number of likely N-dealkylation sites (tertiary alicyclic amines) is 1. The predicted molar refractivity (Wildman–Crippen MR) is 68.6 cm³/mol. The minimum atomic E-state index is -4.42. The van der Waals surface area contributed by atoms with Crippen molar-refractivity contribution in [3.8, 4) is 0 Å². The van der Waals surface area contributed by atoms with E-state index in [1.54, 1.807) is 11.8 Å². The van der Waals surface area contributed by atoms with Crippen LogP contribution in [0.3, 0.4) is 0 Å². The van der Waals surface area contributed by atoms with E-state index in [1.807, 2.05) is 0 Å². The second-order valence-corrected chi connectivity index (χ2v) is 5.11. The molecule has 0 spiro atoms. The predicted octanol–water partition coefficient (Wildman–Crippen LogP) is 2.10. The van der Waals surface area contributed by atoms with Gasteiger partial charge in [-0.25, -0.2) is 0 Å². The van der Waals surface area contributed by atoms with Gasteiger partial charge in [-0.2, -0.15) is 18.3 Å². The molecule has 21 heavy (non-hydrogen) atoms. The summed E-state index contributed by atoms with van der Waals surface area (Å²) in [6.45, 7) is 2.67. The molecule has 1 atom stereocenters. The molecule has 2 rings (SSSR count). The molecule has 1 aliphatic rings. The maximum absolute atomic E-state index is 12.5. The van der Waals surface area contributed by atoms with E-state index in [4.69, 9.17) is 4.74 Å². The Bertz CT molecular complexity index is 493. The fraction of sp³-hybridized carbons (Fsp3) is 0.692. The number of nitrogens with zero attached hydrogens (tertiary/aromatic N) is 3. The van der Waals surface area contributed by atoms with Crippen molar-refractivity contribution in [3.05, 3.63) is 18.0 Å². The summed E-state index contributed by atoms with van der Waals surface area (Å²) in [5.74, 6) is -0.0904. The van der Waals surface area contributed by atoms with Crippen molar-refractivity contribution in [2.45, 2.75) is 38.1 Å². The third-order valence-electron chi connectivity index (χ3n) is 3.75. The Hall–Kier alpha value is -1.57. The second-order valence-electron chi connectivity index (χ2n) is 5.11. The smallest absolute Gasteiger partial charge is 0.372 e. The normalized spacial score (nSPS) is 18.8. The lowest BCUT2D eigenvalue weighted by atomic mass is 10.0. The van der Waals surface area contributed by atoms with Gasteiger partial charge in [-0.3, -0.25) is 9.48 Å². The van der Waals surface area contributed by atoms with Gasteiger partial charge in [0.15, 0.2) is 5.69 Å². The molecule has 0 bridgehead atoms. The largest absolute Gasteiger partial charge is 0.435 e. The fourth-order valence-electron chi connectivity index (χ4n) is 2.40. The molecule has 0 unspecified atom stereocenters. The average molecular weight is 305 g/mol. The molecule has 1 aromatic rings. The van der Waals surface area contributed by atoms with E-state index >= 15 is 0 Å². The molecule has 0 radical (unpaired) electrons. The maximum Gasteiger partial charge on any atom is 0.435 e. The van der Waals surface area contributed by atoms with Crippen molar-refractivity contribution in [3.63, 3.8) is 0 Å². The van der Waals surface area contributed by atoms with Crippen LogP contribution in [0, 0.1) is 0 Å². The molecule has 1 fully saturated rings. The maximum atomic E-state index is 12.5. The Labute approximate surface area is 120 Å². The molecule has 1 aliphatic heterocycles. The topological polar surface area (TPSA) is 47.4 Å². The lowest BCUT2D eigenvalue weighted by Gasteiger charge is -2.33. The highest BCUT2D eigenvalue weighted by molar-refractivity contribution is 5.80. The number of methoxy groups -OCH3 is 1. The van der Waals surface area contributed by atoms with Crippen molar-refractivity contribution in [2.24, 2.45) is 0 Å². The molecule has 0 N–H and O–H groups in total. The van der Waals surface area contributed by atoms with Crippen LogP contribution in [0.5, 0.6) is 0 Å². The number of carbonyl (C=O) groups is 1. The lowest BCUT2D eigenvalue weighted by molar-refractivity contribution is -0.142. The average Bonchev–Trinajstić information content (AvgIpc) is 2.95.